The minimum absolute atomic E-state index is 0.00812. The van der Waals surface area contributed by atoms with Gasteiger partial charge >= 0.3 is 0 Å². The van der Waals surface area contributed by atoms with Crippen molar-refractivity contribution in [2.45, 2.75) is 43.5 Å². The number of likely N-dealkylation sites (tertiary alicyclic amines) is 1. The number of amides is 1. The summed E-state index contributed by atoms with van der Waals surface area (Å²) >= 11 is 0. The largest absolute Gasteiger partial charge is 0.315 e. The number of nitrogens with zero attached hydrogens (tertiary/aromatic N) is 2. The molecule has 6 nitrogen and oxygen atoms in total. The molecule has 2 aliphatic rings. The number of benzene rings is 1. The van der Waals surface area contributed by atoms with Gasteiger partial charge in [-0.1, -0.05) is 6.42 Å². The van der Waals surface area contributed by atoms with E-state index in [-0.39, 0.29) is 23.3 Å². The lowest BCUT2D eigenvalue weighted by molar-refractivity contribution is -0.117. The van der Waals surface area contributed by atoms with E-state index in [1.54, 1.807) is 30.1 Å². The molecule has 7 heteroatoms. The Balaban J connectivity index is 1.67. The molecular formula is C17H25N3O3S. The maximum atomic E-state index is 12.6. The third-order valence-electron chi connectivity index (χ3n) is 5.02. The summed E-state index contributed by atoms with van der Waals surface area (Å²) in [5.74, 6) is -0.00812. The van der Waals surface area contributed by atoms with E-state index in [0.717, 1.165) is 24.3 Å². The minimum Gasteiger partial charge on any atom is -0.315 e. The van der Waals surface area contributed by atoms with Gasteiger partial charge in [-0.25, -0.2) is 13.1 Å². The zero-order chi connectivity index (χ0) is 17.3. The molecule has 3 rings (SSSR count). The lowest BCUT2D eigenvalue weighted by Crippen LogP contribution is -2.44. The third-order valence-corrected chi connectivity index (χ3v) is 6.44. The molecule has 1 aromatic carbocycles. The minimum atomic E-state index is -3.56. The molecule has 2 heterocycles. The van der Waals surface area contributed by atoms with Crippen LogP contribution in [0.15, 0.2) is 23.1 Å². The van der Waals surface area contributed by atoms with E-state index in [0.29, 0.717) is 6.54 Å². The van der Waals surface area contributed by atoms with Gasteiger partial charge in [0.05, 0.1) is 11.3 Å². The predicted octanol–water partition coefficient (Wildman–Crippen LogP) is 1.36. The lowest BCUT2D eigenvalue weighted by Gasteiger charge is -2.32. The van der Waals surface area contributed by atoms with Crippen molar-refractivity contribution < 1.29 is 13.2 Å². The van der Waals surface area contributed by atoms with Crippen LogP contribution >= 0.6 is 0 Å². The second kappa shape index (κ2) is 6.82. The van der Waals surface area contributed by atoms with Gasteiger partial charge in [0, 0.05) is 25.3 Å². The molecule has 1 atom stereocenters. The molecule has 1 N–H and O–H groups in total. The fraction of sp³-hybridized carbons (Fsp3) is 0.588. The molecule has 1 saturated heterocycles. The maximum Gasteiger partial charge on any atom is 0.240 e. The van der Waals surface area contributed by atoms with Crippen molar-refractivity contribution >= 4 is 21.6 Å². The Morgan fingerprint density at radius 1 is 1.21 bits per heavy atom. The Hall–Kier alpha value is -1.44. The summed E-state index contributed by atoms with van der Waals surface area (Å²) in [7, 11) is -1.85. The number of fused-ring (bicyclic) bond motifs is 1. The fourth-order valence-corrected chi connectivity index (χ4v) is 4.59. The number of anilines is 1. The number of piperidine rings is 1. The number of sulfonamides is 1. The number of carbonyl (C=O) groups is 1. The van der Waals surface area contributed by atoms with Crippen LogP contribution in [0.4, 0.5) is 5.69 Å². The van der Waals surface area contributed by atoms with E-state index in [2.05, 4.69) is 16.5 Å². The summed E-state index contributed by atoms with van der Waals surface area (Å²) in [4.78, 5) is 15.9. The van der Waals surface area contributed by atoms with Crippen LogP contribution in [-0.4, -0.2) is 51.9 Å². The van der Waals surface area contributed by atoms with Gasteiger partial charge in [-0.3, -0.25) is 9.69 Å². The SMILES string of the molecule is CC(CNS(=O)(=O)c1ccc2c(c1)CC(=O)N2C)N1CCCCC1. The number of likely N-dealkylation sites (N-methyl/N-ethyl adjacent to an activating group) is 1. The molecule has 0 bridgehead atoms. The highest BCUT2D eigenvalue weighted by atomic mass is 32.2. The van der Waals surface area contributed by atoms with Gasteiger partial charge in [-0.05, 0) is 56.6 Å². The van der Waals surface area contributed by atoms with E-state index in [1.165, 1.54) is 19.3 Å². The Morgan fingerprint density at radius 3 is 2.62 bits per heavy atom. The summed E-state index contributed by atoms with van der Waals surface area (Å²) < 4.78 is 27.8. The van der Waals surface area contributed by atoms with E-state index in [4.69, 9.17) is 0 Å². The van der Waals surface area contributed by atoms with Gasteiger partial charge in [-0.2, -0.15) is 0 Å². The number of nitrogens with one attached hydrogen (secondary N) is 1. The van der Waals surface area contributed by atoms with Crippen LogP contribution in [0.5, 0.6) is 0 Å². The molecule has 0 saturated carbocycles. The van der Waals surface area contributed by atoms with Crippen LogP contribution < -0.4 is 9.62 Å². The van der Waals surface area contributed by atoms with E-state index in [9.17, 15) is 13.2 Å². The molecule has 1 aromatic rings. The van der Waals surface area contributed by atoms with E-state index >= 15 is 0 Å². The second-order valence-corrected chi connectivity index (χ2v) is 8.48. The molecule has 0 spiro atoms. The highest BCUT2D eigenvalue weighted by Crippen LogP contribution is 2.29. The Bertz CT molecular complexity index is 727. The molecule has 24 heavy (non-hydrogen) atoms. The van der Waals surface area contributed by atoms with Crippen molar-refractivity contribution in [3.8, 4) is 0 Å². The van der Waals surface area contributed by atoms with Gasteiger partial charge in [0.1, 0.15) is 0 Å². The zero-order valence-corrected chi connectivity index (χ0v) is 15.1. The molecule has 132 valence electrons. The van der Waals surface area contributed by atoms with Crippen molar-refractivity contribution in [2.75, 3.05) is 31.6 Å². The summed E-state index contributed by atoms with van der Waals surface area (Å²) in [5.41, 5.74) is 1.56. The average molecular weight is 351 g/mol. The van der Waals surface area contributed by atoms with Crippen molar-refractivity contribution in [1.82, 2.24) is 9.62 Å². The highest BCUT2D eigenvalue weighted by molar-refractivity contribution is 7.89. The molecule has 2 aliphatic heterocycles. The first-order valence-electron chi connectivity index (χ1n) is 8.52. The Kier molecular flexibility index (Phi) is 4.94. The zero-order valence-electron chi connectivity index (χ0n) is 14.3. The number of carbonyl (C=O) groups excluding carboxylic acids is 1. The molecular weight excluding hydrogens is 326 g/mol. The lowest BCUT2D eigenvalue weighted by atomic mass is 10.1. The summed E-state index contributed by atoms with van der Waals surface area (Å²) in [6.07, 6.45) is 3.89. The Labute approximate surface area is 143 Å². The van der Waals surface area contributed by atoms with Crippen LogP contribution in [0.25, 0.3) is 0 Å². The van der Waals surface area contributed by atoms with Gasteiger partial charge in [0.2, 0.25) is 15.9 Å². The van der Waals surface area contributed by atoms with Gasteiger partial charge in [0.15, 0.2) is 0 Å². The quantitative estimate of drug-likeness (QED) is 0.870. The second-order valence-electron chi connectivity index (χ2n) is 6.72. The first-order valence-corrected chi connectivity index (χ1v) is 10.00. The Morgan fingerprint density at radius 2 is 1.92 bits per heavy atom. The average Bonchev–Trinajstić information content (AvgIpc) is 2.87. The van der Waals surface area contributed by atoms with Crippen LogP contribution in [0.1, 0.15) is 31.7 Å². The standard InChI is InChI=1S/C17H25N3O3S/c1-13(20-8-4-3-5-9-20)12-18-24(22,23)15-6-7-16-14(10-15)11-17(21)19(16)2/h6-7,10,13,18H,3-5,8-9,11-12H2,1-2H3. The van der Waals surface area contributed by atoms with Crippen molar-refractivity contribution in [3.63, 3.8) is 0 Å². The molecule has 1 amide bonds. The number of rotatable bonds is 5. The van der Waals surface area contributed by atoms with Crippen LogP contribution in [0.3, 0.4) is 0 Å². The van der Waals surface area contributed by atoms with Crippen LogP contribution in [0, 0.1) is 0 Å². The summed E-state index contributed by atoms with van der Waals surface area (Å²) in [6.45, 7) is 4.54. The molecule has 1 fully saturated rings. The monoisotopic (exact) mass is 351 g/mol. The van der Waals surface area contributed by atoms with Crippen LogP contribution in [-0.2, 0) is 21.2 Å². The fourth-order valence-electron chi connectivity index (χ4n) is 3.42. The van der Waals surface area contributed by atoms with E-state index in [1.807, 2.05) is 0 Å². The van der Waals surface area contributed by atoms with Gasteiger partial charge in [0.25, 0.3) is 0 Å². The van der Waals surface area contributed by atoms with E-state index < -0.39 is 10.0 Å². The third kappa shape index (κ3) is 3.48. The summed E-state index contributed by atoms with van der Waals surface area (Å²) in [5, 5.41) is 0. The topological polar surface area (TPSA) is 69.7 Å². The van der Waals surface area contributed by atoms with Crippen molar-refractivity contribution in [2.24, 2.45) is 0 Å². The van der Waals surface area contributed by atoms with Gasteiger partial charge < -0.3 is 4.90 Å². The maximum absolute atomic E-state index is 12.6. The van der Waals surface area contributed by atoms with Crippen molar-refractivity contribution in [1.29, 1.82) is 0 Å². The number of hydrogen-bond acceptors (Lipinski definition) is 4. The van der Waals surface area contributed by atoms with Gasteiger partial charge in [-0.15, -0.1) is 0 Å². The molecule has 0 aliphatic carbocycles. The molecule has 0 radical (unpaired) electrons. The first kappa shape index (κ1) is 17.4. The number of hydrogen-bond donors (Lipinski definition) is 1. The molecule has 1 unspecified atom stereocenters. The first-order chi connectivity index (χ1) is 11.4. The van der Waals surface area contributed by atoms with Crippen molar-refractivity contribution in [3.05, 3.63) is 23.8 Å². The predicted molar refractivity (Wildman–Crippen MR) is 93.6 cm³/mol. The summed E-state index contributed by atoms with van der Waals surface area (Å²) in [6, 6.07) is 5.08. The molecule has 0 aromatic heterocycles. The highest BCUT2D eigenvalue weighted by Gasteiger charge is 2.26. The normalized spacial score (nSPS) is 20.2. The smallest absolute Gasteiger partial charge is 0.240 e. The van der Waals surface area contributed by atoms with Crippen LogP contribution in [0.2, 0.25) is 0 Å².